The van der Waals surface area contributed by atoms with E-state index in [9.17, 15) is 13.2 Å². The molecule has 5 nitrogen and oxygen atoms in total. The zero-order valence-corrected chi connectivity index (χ0v) is 18.5. The highest BCUT2D eigenvalue weighted by Gasteiger charge is 2.27. The summed E-state index contributed by atoms with van der Waals surface area (Å²) >= 11 is 0. The Hall–Kier alpha value is -3.12. The van der Waals surface area contributed by atoms with E-state index < -0.39 is 15.9 Å². The third-order valence-electron chi connectivity index (χ3n) is 4.89. The van der Waals surface area contributed by atoms with E-state index in [4.69, 9.17) is 0 Å². The molecule has 0 aliphatic rings. The molecule has 0 spiro atoms. The fourth-order valence-corrected chi connectivity index (χ4v) is 4.48. The van der Waals surface area contributed by atoms with Gasteiger partial charge in [0.25, 0.3) is 10.0 Å². The fourth-order valence-electron chi connectivity index (χ4n) is 3.05. The maximum atomic E-state index is 13.4. The van der Waals surface area contributed by atoms with Crippen LogP contribution in [0.4, 0.5) is 11.4 Å². The lowest BCUT2D eigenvalue weighted by Crippen LogP contribution is -2.38. The Morgan fingerprint density at radius 2 is 1.33 bits per heavy atom. The van der Waals surface area contributed by atoms with Gasteiger partial charge in [0.2, 0.25) is 5.91 Å². The maximum absolute atomic E-state index is 13.4. The molecule has 0 aliphatic heterocycles. The van der Waals surface area contributed by atoms with E-state index in [1.54, 1.807) is 36.4 Å². The molecule has 156 valence electrons. The van der Waals surface area contributed by atoms with E-state index in [0.717, 1.165) is 26.6 Å². The van der Waals surface area contributed by atoms with E-state index in [0.29, 0.717) is 11.4 Å². The summed E-state index contributed by atoms with van der Waals surface area (Å²) in [5.74, 6) is -0.403. The molecule has 3 aromatic rings. The van der Waals surface area contributed by atoms with Crippen LogP contribution in [-0.4, -0.2) is 20.9 Å². The molecule has 0 heterocycles. The lowest BCUT2D eigenvalue weighted by atomic mass is 10.1. The van der Waals surface area contributed by atoms with Crippen LogP contribution in [0.1, 0.15) is 22.3 Å². The van der Waals surface area contributed by atoms with Crippen molar-refractivity contribution in [3.05, 3.63) is 89.0 Å². The predicted molar refractivity (Wildman–Crippen MR) is 121 cm³/mol. The van der Waals surface area contributed by atoms with Gasteiger partial charge in [-0.05, 0) is 69.2 Å². The minimum Gasteiger partial charge on any atom is -0.324 e. The highest BCUT2D eigenvalue weighted by molar-refractivity contribution is 7.92. The molecule has 0 radical (unpaired) electrons. The van der Waals surface area contributed by atoms with E-state index in [-0.39, 0.29) is 11.4 Å². The van der Waals surface area contributed by atoms with E-state index in [1.807, 2.05) is 58.0 Å². The third kappa shape index (κ3) is 4.89. The van der Waals surface area contributed by atoms with Gasteiger partial charge in [0.15, 0.2) is 0 Å². The first-order valence-corrected chi connectivity index (χ1v) is 11.1. The van der Waals surface area contributed by atoms with E-state index >= 15 is 0 Å². The van der Waals surface area contributed by atoms with Crippen molar-refractivity contribution in [2.24, 2.45) is 0 Å². The summed E-state index contributed by atoms with van der Waals surface area (Å²) < 4.78 is 27.9. The Morgan fingerprint density at radius 3 is 1.93 bits per heavy atom. The monoisotopic (exact) mass is 422 g/mol. The number of carbonyl (C=O) groups is 1. The van der Waals surface area contributed by atoms with Crippen molar-refractivity contribution in [2.45, 2.75) is 32.6 Å². The van der Waals surface area contributed by atoms with Crippen LogP contribution in [0.2, 0.25) is 0 Å². The van der Waals surface area contributed by atoms with Crippen LogP contribution in [0.25, 0.3) is 0 Å². The molecule has 0 saturated heterocycles. The second-order valence-corrected chi connectivity index (χ2v) is 9.39. The second-order valence-electron chi connectivity index (χ2n) is 7.53. The minimum absolute atomic E-state index is 0.146. The lowest BCUT2D eigenvalue weighted by Gasteiger charge is -2.24. The van der Waals surface area contributed by atoms with Gasteiger partial charge in [-0.15, -0.1) is 0 Å². The summed E-state index contributed by atoms with van der Waals surface area (Å²) in [6, 6.07) is 19.5. The maximum Gasteiger partial charge on any atom is 0.264 e. The van der Waals surface area contributed by atoms with Crippen molar-refractivity contribution < 1.29 is 13.2 Å². The quantitative estimate of drug-likeness (QED) is 0.623. The molecule has 0 bridgehead atoms. The number of nitrogens with zero attached hydrogens (tertiary/aromatic N) is 1. The van der Waals surface area contributed by atoms with E-state index in [1.165, 1.54) is 0 Å². The number of hydrogen-bond acceptors (Lipinski definition) is 3. The first-order chi connectivity index (χ1) is 14.2. The summed E-state index contributed by atoms with van der Waals surface area (Å²) in [4.78, 5) is 13.0. The zero-order valence-electron chi connectivity index (χ0n) is 17.6. The zero-order chi connectivity index (χ0) is 21.9. The van der Waals surface area contributed by atoms with Crippen molar-refractivity contribution in [1.29, 1.82) is 0 Å². The van der Waals surface area contributed by atoms with Crippen molar-refractivity contribution in [3.8, 4) is 0 Å². The molecule has 0 saturated carbocycles. The summed E-state index contributed by atoms with van der Waals surface area (Å²) in [5.41, 5.74) is 5.01. The van der Waals surface area contributed by atoms with Gasteiger partial charge >= 0.3 is 0 Å². The molecule has 0 aliphatic carbocycles. The predicted octanol–water partition coefficient (Wildman–Crippen LogP) is 4.75. The van der Waals surface area contributed by atoms with Crippen molar-refractivity contribution in [3.63, 3.8) is 0 Å². The van der Waals surface area contributed by atoms with E-state index in [2.05, 4.69) is 5.32 Å². The van der Waals surface area contributed by atoms with Crippen LogP contribution < -0.4 is 9.62 Å². The molecule has 3 rings (SSSR count). The molecule has 0 unspecified atom stereocenters. The number of amides is 1. The van der Waals surface area contributed by atoms with Crippen LogP contribution in [-0.2, 0) is 14.8 Å². The molecule has 30 heavy (non-hydrogen) atoms. The molecule has 0 aromatic heterocycles. The molecule has 0 atom stereocenters. The van der Waals surface area contributed by atoms with Crippen LogP contribution in [0, 0.1) is 27.7 Å². The number of hydrogen-bond donors (Lipinski definition) is 1. The molecule has 1 N–H and O–H groups in total. The third-order valence-corrected chi connectivity index (χ3v) is 6.67. The number of anilines is 2. The Labute approximate surface area is 178 Å². The lowest BCUT2D eigenvalue weighted by molar-refractivity contribution is -0.114. The number of carbonyl (C=O) groups excluding carboxylic acids is 1. The van der Waals surface area contributed by atoms with Crippen molar-refractivity contribution in [2.75, 3.05) is 16.2 Å². The minimum atomic E-state index is -3.92. The molecular formula is C24H26N2O3S. The Morgan fingerprint density at radius 1 is 0.800 bits per heavy atom. The standard InChI is InChI=1S/C24H26N2O3S/c1-17-6-11-21(12-7-17)26(30(28,29)22-13-8-18(2)9-14-22)16-24(27)25-23-15-19(3)5-10-20(23)4/h5-15H,16H2,1-4H3,(H,25,27). The van der Waals surface area contributed by atoms with Crippen molar-refractivity contribution >= 4 is 27.3 Å². The number of benzene rings is 3. The number of rotatable bonds is 6. The molecule has 1 amide bonds. The van der Waals surface area contributed by atoms with Gasteiger partial charge < -0.3 is 5.32 Å². The highest BCUT2D eigenvalue weighted by Crippen LogP contribution is 2.25. The van der Waals surface area contributed by atoms with Gasteiger partial charge in [0.05, 0.1) is 10.6 Å². The Bertz CT molecular complexity index is 1150. The normalized spacial score (nSPS) is 11.2. The number of aryl methyl sites for hydroxylation is 4. The largest absolute Gasteiger partial charge is 0.324 e. The second kappa shape index (κ2) is 8.71. The SMILES string of the molecule is Cc1ccc(N(CC(=O)Nc2cc(C)ccc2C)S(=O)(=O)c2ccc(C)cc2)cc1. The topological polar surface area (TPSA) is 66.5 Å². The average molecular weight is 423 g/mol. The van der Waals surface area contributed by atoms with Crippen LogP contribution in [0.15, 0.2) is 71.6 Å². The molecular weight excluding hydrogens is 396 g/mol. The Kier molecular flexibility index (Phi) is 6.27. The van der Waals surface area contributed by atoms with Gasteiger partial charge in [-0.3, -0.25) is 9.10 Å². The van der Waals surface area contributed by atoms with Crippen LogP contribution in [0.5, 0.6) is 0 Å². The van der Waals surface area contributed by atoms with Gasteiger partial charge in [0.1, 0.15) is 6.54 Å². The van der Waals surface area contributed by atoms with Gasteiger partial charge in [0, 0.05) is 5.69 Å². The average Bonchev–Trinajstić information content (AvgIpc) is 2.70. The highest BCUT2D eigenvalue weighted by atomic mass is 32.2. The first kappa shape index (κ1) is 21.6. The smallest absolute Gasteiger partial charge is 0.264 e. The molecule has 3 aromatic carbocycles. The fraction of sp³-hybridized carbons (Fsp3) is 0.208. The summed E-state index contributed by atoms with van der Waals surface area (Å²) in [6.45, 7) is 7.33. The molecule has 6 heteroatoms. The summed E-state index contributed by atoms with van der Waals surface area (Å²) in [7, 11) is -3.92. The molecule has 0 fully saturated rings. The Balaban J connectivity index is 1.95. The number of nitrogens with one attached hydrogen (secondary N) is 1. The van der Waals surface area contributed by atoms with Crippen LogP contribution in [0.3, 0.4) is 0 Å². The van der Waals surface area contributed by atoms with Gasteiger partial charge in [-0.2, -0.15) is 0 Å². The van der Waals surface area contributed by atoms with Gasteiger partial charge in [-0.1, -0.05) is 47.5 Å². The van der Waals surface area contributed by atoms with Gasteiger partial charge in [-0.25, -0.2) is 8.42 Å². The van der Waals surface area contributed by atoms with Crippen LogP contribution >= 0.6 is 0 Å². The summed E-state index contributed by atoms with van der Waals surface area (Å²) in [6.07, 6.45) is 0. The first-order valence-electron chi connectivity index (χ1n) is 9.70. The number of sulfonamides is 1. The van der Waals surface area contributed by atoms with Crippen molar-refractivity contribution in [1.82, 2.24) is 0 Å². The summed E-state index contributed by atoms with van der Waals surface area (Å²) in [5, 5.41) is 2.85.